The van der Waals surface area contributed by atoms with Gasteiger partial charge in [0.15, 0.2) is 0 Å². The second-order valence-electron chi connectivity index (χ2n) is 3.27. The Morgan fingerprint density at radius 1 is 0.818 bits per heavy atom. The van der Waals surface area contributed by atoms with E-state index in [1.165, 1.54) is 19.3 Å². The van der Waals surface area contributed by atoms with E-state index in [4.69, 9.17) is 0 Å². The zero-order valence-corrected chi connectivity index (χ0v) is 11.3. The third-order valence-electron chi connectivity index (χ3n) is 2.38. The van der Waals surface area contributed by atoms with Gasteiger partial charge < -0.3 is 0 Å². The summed E-state index contributed by atoms with van der Waals surface area (Å²) in [4.78, 5) is 0. The third kappa shape index (κ3) is 7.17. The number of hydrogen-bond donors (Lipinski definition) is 0. The molecular weight excluding hydrogens is 239 g/mol. The van der Waals surface area contributed by atoms with Gasteiger partial charge in [-0.2, -0.15) is 0 Å². The van der Waals surface area contributed by atoms with E-state index in [9.17, 15) is 0 Å². The number of rotatable bonds is 7. The summed E-state index contributed by atoms with van der Waals surface area (Å²) < 4.78 is 4.81. The van der Waals surface area contributed by atoms with Gasteiger partial charge in [0.2, 0.25) is 0 Å². The molecule has 0 aromatic heterocycles. The van der Waals surface area contributed by atoms with Gasteiger partial charge in [0, 0.05) is 0 Å². The molecule has 0 atom stereocenters. The van der Waals surface area contributed by atoms with Crippen LogP contribution in [0.2, 0.25) is 13.3 Å². The van der Waals surface area contributed by atoms with Gasteiger partial charge in [0.05, 0.1) is 0 Å². The minimum absolute atomic E-state index is 0.751. The first-order valence-corrected chi connectivity index (χ1v) is 11.2. The summed E-state index contributed by atoms with van der Waals surface area (Å²) in [5.41, 5.74) is 0. The number of unbranched alkanes of at least 4 members (excludes halogenated alkanes) is 3. The fourth-order valence-electron chi connectivity index (χ4n) is 1.41. The maximum absolute atomic E-state index is 2.40. The predicted octanol–water partition coefficient (Wildman–Crippen LogP) is 4.10. The van der Waals surface area contributed by atoms with Gasteiger partial charge in [-0.15, -0.1) is 0 Å². The zero-order valence-electron chi connectivity index (χ0n) is 8.45. The predicted molar refractivity (Wildman–Crippen MR) is 55.7 cm³/mol. The van der Waals surface area contributed by atoms with E-state index in [1.807, 2.05) is 0 Å². The summed E-state index contributed by atoms with van der Waals surface area (Å²) in [5, 5.41) is 0. The normalized spacial score (nSPS) is 10.1. The zero-order chi connectivity index (χ0) is 8.53. The molecule has 0 radical (unpaired) electrons. The van der Waals surface area contributed by atoms with Crippen LogP contribution in [0.3, 0.4) is 0 Å². The van der Waals surface area contributed by atoms with Gasteiger partial charge in [-0.25, -0.2) is 0 Å². The first-order chi connectivity index (χ1) is 5.35. The Bertz CT molecular complexity index is 67.3. The molecule has 0 aliphatic carbocycles. The van der Waals surface area contributed by atoms with Crippen molar-refractivity contribution in [3.8, 4) is 0 Å². The third-order valence-corrected chi connectivity index (χ3v) is 11.1. The van der Waals surface area contributed by atoms with Crippen LogP contribution in [0.1, 0.15) is 46.5 Å². The standard InChI is InChI=1S/C6H13.2C2H5.Sn/c1-3-5-6-4-2;2*1-2;/h1,3-6H2,2H3;2*1H2,2H3;/q;;;+1. The first kappa shape index (κ1) is 11.8. The Balaban J connectivity index is 3.07. The summed E-state index contributed by atoms with van der Waals surface area (Å²) in [6.45, 7) is 7.09. The van der Waals surface area contributed by atoms with Crippen molar-refractivity contribution in [2.45, 2.75) is 59.8 Å². The quantitative estimate of drug-likeness (QED) is 0.478. The SMILES string of the molecule is CCCCC[CH2][Sn+]([CH2]C)[CH2]C. The fraction of sp³-hybridized carbons (Fsp3) is 1.00. The van der Waals surface area contributed by atoms with Gasteiger partial charge in [-0.05, 0) is 0 Å². The molecule has 1 heteroatoms. The van der Waals surface area contributed by atoms with Crippen molar-refractivity contribution in [1.82, 2.24) is 0 Å². The molecule has 0 heterocycles. The summed E-state index contributed by atoms with van der Waals surface area (Å²) >= 11 is -0.751. The Morgan fingerprint density at radius 3 is 1.91 bits per heavy atom. The molecule has 0 aromatic carbocycles. The molecule has 0 rings (SSSR count). The van der Waals surface area contributed by atoms with Gasteiger partial charge in [-0.1, -0.05) is 0 Å². The average Bonchev–Trinajstić information content (AvgIpc) is 2.05. The van der Waals surface area contributed by atoms with Crippen LogP contribution in [0.4, 0.5) is 0 Å². The van der Waals surface area contributed by atoms with Crippen LogP contribution in [0.15, 0.2) is 0 Å². The molecule has 0 aliphatic rings. The summed E-state index contributed by atoms with van der Waals surface area (Å²) in [6.07, 6.45) is 5.89. The molecular formula is C10H23Sn+. The van der Waals surface area contributed by atoms with Gasteiger partial charge in [-0.3, -0.25) is 0 Å². The molecule has 0 fully saturated rings. The van der Waals surface area contributed by atoms with Crippen LogP contribution >= 0.6 is 0 Å². The molecule has 0 saturated carbocycles. The minimum atomic E-state index is -0.751. The molecule has 0 saturated heterocycles. The molecule has 11 heavy (non-hydrogen) atoms. The van der Waals surface area contributed by atoms with Crippen LogP contribution in [0.5, 0.6) is 0 Å². The van der Waals surface area contributed by atoms with Gasteiger partial charge in [0.25, 0.3) is 0 Å². The van der Waals surface area contributed by atoms with Gasteiger partial charge >= 0.3 is 79.5 Å². The van der Waals surface area contributed by atoms with E-state index in [-0.39, 0.29) is 0 Å². The Hall–Kier alpha value is 0.799. The topological polar surface area (TPSA) is 0 Å². The van der Waals surface area contributed by atoms with E-state index >= 15 is 0 Å². The molecule has 0 aliphatic heterocycles. The fourth-order valence-corrected chi connectivity index (χ4v) is 6.99. The maximum atomic E-state index is 2.40. The molecule has 66 valence electrons. The Kier molecular flexibility index (Phi) is 9.54. The van der Waals surface area contributed by atoms with Crippen molar-refractivity contribution in [2.75, 3.05) is 0 Å². The van der Waals surface area contributed by atoms with Crippen molar-refractivity contribution in [2.24, 2.45) is 0 Å². The van der Waals surface area contributed by atoms with Crippen LogP contribution < -0.4 is 0 Å². The summed E-state index contributed by atoms with van der Waals surface area (Å²) in [5.74, 6) is 0. The van der Waals surface area contributed by atoms with Crippen molar-refractivity contribution < 1.29 is 0 Å². The van der Waals surface area contributed by atoms with Crippen molar-refractivity contribution >= 4 is 19.8 Å². The molecule has 0 unspecified atom stereocenters. The first-order valence-electron chi connectivity index (χ1n) is 5.18. The Morgan fingerprint density at radius 2 is 1.45 bits per heavy atom. The molecule has 0 nitrogen and oxygen atoms in total. The molecule has 0 aromatic rings. The van der Waals surface area contributed by atoms with Crippen LogP contribution in [-0.4, -0.2) is 19.8 Å². The second kappa shape index (κ2) is 8.89. The van der Waals surface area contributed by atoms with E-state index in [1.54, 1.807) is 19.7 Å². The molecule has 0 spiro atoms. The Labute approximate surface area is 79.5 Å². The van der Waals surface area contributed by atoms with E-state index in [2.05, 4.69) is 20.8 Å². The van der Waals surface area contributed by atoms with Crippen molar-refractivity contribution in [3.63, 3.8) is 0 Å². The summed E-state index contributed by atoms with van der Waals surface area (Å²) in [6, 6.07) is 0. The molecule has 0 amide bonds. The molecule has 0 N–H and O–H groups in total. The van der Waals surface area contributed by atoms with E-state index in [0.29, 0.717) is 0 Å². The van der Waals surface area contributed by atoms with Crippen LogP contribution in [-0.2, 0) is 0 Å². The van der Waals surface area contributed by atoms with Gasteiger partial charge in [0.1, 0.15) is 0 Å². The second-order valence-corrected chi connectivity index (χ2v) is 13.0. The number of hydrogen-bond acceptors (Lipinski definition) is 0. The van der Waals surface area contributed by atoms with Crippen molar-refractivity contribution in [1.29, 1.82) is 0 Å². The van der Waals surface area contributed by atoms with Crippen LogP contribution in [0.25, 0.3) is 0 Å². The van der Waals surface area contributed by atoms with E-state index < -0.39 is 19.8 Å². The van der Waals surface area contributed by atoms with E-state index in [0.717, 1.165) is 0 Å². The average molecular weight is 262 g/mol. The summed E-state index contributed by atoms with van der Waals surface area (Å²) in [7, 11) is 0. The van der Waals surface area contributed by atoms with Crippen molar-refractivity contribution in [3.05, 3.63) is 0 Å². The monoisotopic (exact) mass is 263 g/mol. The molecule has 0 bridgehead atoms. The van der Waals surface area contributed by atoms with Crippen LogP contribution in [0, 0.1) is 0 Å².